The molecule has 1 amide bonds. The largest absolute Gasteiger partial charge is 0.355 e. The summed E-state index contributed by atoms with van der Waals surface area (Å²) in [6.45, 7) is 6.98. The maximum Gasteiger partial charge on any atom is 0.230 e. The van der Waals surface area contributed by atoms with Gasteiger partial charge in [0.25, 0.3) is 0 Å². The molecule has 0 aliphatic heterocycles. The number of aromatic nitrogens is 3. The second-order valence-corrected chi connectivity index (χ2v) is 7.96. The number of carbonyl (C=O) groups is 1. The Balaban J connectivity index is 1.89. The van der Waals surface area contributed by atoms with Crippen LogP contribution in [0.1, 0.15) is 26.3 Å². The lowest BCUT2D eigenvalue weighted by atomic mass is 10.1. The van der Waals surface area contributed by atoms with Crippen LogP contribution in [0.25, 0.3) is 17.1 Å². The molecule has 5 nitrogen and oxygen atoms in total. The number of carbonyl (C=O) groups excluding carboxylic acids is 1. The molecule has 0 fully saturated rings. The van der Waals surface area contributed by atoms with E-state index in [0.29, 0.717) is 23.4 Å². The first-order chi connectivity index (χ1) is 13.6. The molecule has 0 unspecified atom stereocenters. The summed E-state index contributed by atoms with van der Waals surface area (Å²) in [6, 6.07) is 18.4. The van der Waals surface area contributed by atoms with Crippen LogP contribution in [-0.4, -0.2) is 33.0 Å². The lowest BCUT2D eigenvalue weighted by Crippen LogP contribution is -2.28. The molecule has 28 heavy (non-hydrogen) atoms. The highest BCUT2D eigenvalue weighted by atomic mass is 32.2. The Hall–Kier alpha value is -2.60. The number of hydrogen-bond acceptors (Lipinski definition) is 4. The minimum Gasteiger partial charge on any atom is -0.355 e. The van der Waals surface area contributed by atoms with Crippen molar-refractivity contribution in [3.05, 3.63) is 60.2 Å². The third-order valence-corrected chi connectivity index (χ3v) is 5.24. The van der Waals surface area contributed by atoms with E-state index in [4.69, 9.17) is 0 Å². The fourth-order valence-corrected chi connectivity index (χ4v) is 3.53. The highest BCUT2D eigenvalue weighted by Gasteiger charge is 2.17. The summed E-state index contributed by atoms with van der Waals surface area (Å²) in [4.78, 5) is 12.1. The van der Waals surface area contributed by atoms with Gasteiger partial charge in [0.2, 0.25) is 5.91 Å². The average Bonchev–Trinajstić information content (AvgIpc) is 3.15. The first kappa shape index (κ1) is 20.1. The van der Waals surface area contributed by atoms with Gasteiger partial charge < -0.3 is 5.32 Å². The van der Waals surface area contributed by atoms with Gasteiger partial charge in [0.05, 0.1) is 5.75 Å². The van der Waals surface area contributed by atoms with E-state index in [2.05, 4.69) is 60.6 Å². The van der Waals surface area contributed by atoms with Gasteiger partial charge in [-0.05, 0) is 30.0 Å². The molecule has 3 rings (SSSR count). The van der Waals surface area contributed by atoms with Gasteiger partial charge in [-0.25, -0.2) is 0 Å². The number of thioether (sulfide) groups is 1. The lowest BCUT2D eigenvalue weighted by molar-refractivity contribution is -0.118. The van der Waals surface area contributed by atoms with Gasteiger partial charge in [-0.3, -0.25) is 9.36 Å². The zero-order chi connectivity index (χ0) is 19.9. The van der Waals surface area contributed by atoms with Crippen LogP contribution in [0.4, 0.5) is 0 Å². The third-order valence-electron chi connectivity index (χ3n) is 4.31. The van der Waals surface area contributed by atoms with Gasteiger partial charge in [-0.15, -0.1) is 10.2 Å². The van der Waals surface area contributed by atoms with Crippen LogP contribution in [0.15, 0.2) is 59.8 Å². The van der Waals surface area contributed by atoms with E-state index in [1.165, 1.54) is 17.3 Å². The van der Waals surface area contributed by atoms with Crippen LogP contribution in [0.5, 0.6) is 0 Å². The highest BCUT2D eigenvalue weighted by Crippen LogP contribution is 2.28. The summed E-state index contributed by atoms with van der Waals surface area (Å²) < 4.78 is 2.02. The standard InChI is InChI=1S/C22H26N4OS/c1-4-17-10-12-19(13-11-17)26-21(18-8-6-5-7-9-18)24-25-22(26)28-15-20(27)23-14-16(2)3/h5-13,16H,4,14-15H2,1-3H3,(H,23,27). The zero-order valence-electron chi connectivity index (χ0n) is 16.6. The molecule has 0 radical (unpaired) electrons. The van der Waals surface area contributed by atoms with Crippen molar-refractivity contribution < 1.29 is 4.79 Å². The summed E-state index contributed by atoms with van der Waals surface area (Å²) >= 11 is 1.40. The van der Waals surface area contributed by atoms with E-state index < -0.39 is 0 Å². The van der Waals surface area contributed by atoms with Crippen LogP contribution in [0, 0.1) is 5.92 Å². The summed E-state index contributed by atoms with van der Waals surface area (Å²) in [6.07, 6.45) is 0.992. The van der Waals surface area contributed by atoms with Crippen molar-refractivity contribution in [2.24, 2.45) is 5.92 Å². The Morgan fingerprint density at radius 1 is 1.07 bits per heavy atom. The van der Waals surface area contributed by atoms with E-state index >= 15 is 0 Å². The predicted molar refractivity (Wildman–Crippen MR) is 115 cm³/mol. The predicted octanol–water partition coefficient (Wildman–Crippen LogP) is 4.36. The van der Waals surface area contributed by atoms with E-state index in [0.717, 1.165) is 23.5 Å². The Kier molecular flexibility index (Phi) is 6.87. The van der Waals surface area contributed by atoms with E-state index in [1.54, 1.807) is 0 Å². The molecule has 3 aromatic rings. The second-order valence-electron chi connectivity index (χ2n) is 7.01. The minimum atomic E-state index is 0.0100. The van der Waals surface area contributed by atoms with Crippen molar-refractivity contribution in [2.75, 3.05) is 12.3 Å². The molecule has 146 valence electrons. The number of aryl methyl sites for hydroxylation is 1. The van der Waals surface area contributed by atoms with E-state index in [9.17, 15) is 4.79 Å². The fraction of sp³-hybridized carbons (Fsp3) is 0.318. The number of benzene rings is 2. The Morgan fingerprint density at radius 3 is 2.43 bits per heavy atom. The summed E-state index contributed by atoms with van der Waals surface area (Å²) in [5, 5.41) is 12.5. The maximum atomic E-state index is 12.1. The van der Waals surface area contributed by atoms with Gasteiger partial charge in [0.15, 0.2) is 11.0 Å². The van der Waals surface area contributed by atoms with Crippen LogP contribution in [0.2, 0.25) is 0 Å². The molecule has 0 saturated heterocycles. The molecule has 0 aliphatic rings. The minimum absolute atomic E-state index is 0.0100. The molecular weight excluding hydrogens is 368 g/mol. The molecule has 0 bridgehead atoms. The average molecular weight is 395 g/mol. The molecule has 0 saturated carbocycles. The van der Waals surface area contributed by atoms with Gasteiger partial charge in [-0.1, -0.05) is 75.0 Å². The molecule has 2 aromatic carbocycles. The molecular formula is C22H26N4OS. The first-order valence-corrected chi connectivity index (χ1v) is 10.6. The Bertz CT molecular complexity index is 904. The van der Waals surface area contributed by atoms with Crippen molar-refractivity contribution in [1.82, 2.24) is 20.1 Å². The molecule has 1 N–H and O–H groups in total. The van der Waals surface area contributed by atoms with Crippen molar-refractivity contribution >= 4 is 17.7 Å². The smallest absolute Gasteiger partial charge is 0.230 e. The molecule has 1 aromatic heterocycles. The molecule has 0 aliphatic carbocycles. The lowest BCUT2D eigenvalue weighted by Gasteiger charge is -2.11. The normalized spacial score (nSPS) is 11.0. The van der Waals surface area contributed by atoms with Crippen LogP contribution in [-0.2, 0) is 11.2 Å². The van der Waals surface area contributed by atoms with Gasteiger partial charge in [0.1, 0.15) is 0 Å². The molecule has 0 atom stereocenters. The second kappa shape index (κ2) is 9.55. The highest BCUT2D eigenvalue weighted by molar-refractivity contribution is 7.99. The zero-order valence-corrected chi connectivity index (χ0v) is 17.4. The summed E-state index contributed by atoms with van der Waals surface area (Å²) in [5.41, 5.74) is 3.26. The quantitative estimate of drug-likeness (QED) is 0.577. The van der Waals surface area contributed by atoms with Crippen LogP contribution >= 0.6 is 11.8 Å². The molecule has 6 heteroatoms. The topological polar surface area (TPSA) is 59.8 Å². The van der Waals surface area contributed by atoms with Crippen molar-refractivity contribution in [3.63, 3.8) is 0 Å². The summed E-state index contributed by atoms with van der Waals surface area (Å²) in [5.74, 6) is 1.53. The third kappa shape index (κ3) is 5.01. The van der Waals surface area contributed by atoms with Crippen LogP contribution in [0.3, 0.4) is 0 Å². The van der Waals surface area contributed by atoms with Crippen molar-refractivity contribution in [3.8, 4) is 17.1 Å². The maximum absolute atomic E-state index is 12.1. The SMILES string of the molecule is CCc1ccc(-n2c(SCC(=O)NCC(C)C)nnc2-c2ccccc2)cc1. The summed E-state index contributed by atoms with van der Waals surface area (Å²) in [7, 11) is 0. The van der Waals surface area contributed by atoms with Gasteiger partial charge in [0, 0.05) is 17.8 Å². The molecule has 1 heterocycles. The Labute approximate surface area is 170 Å². The van der Waals surface area contributed by atoms with Gasteiger partial charge >= 0.3 is 0 Å². The number of nitrogens with zero attached hydrogens (tertiary/aromatic N) is 3. The van der Waals surface area contributed by atoms with E-state index in [-0.39, 0.29) is 5.91 Å². The van der Waals surface area contributed by atoms with Crippen LogP contribution < -0.4 is 5.32 Å². The number of rotatable bonds is 8. The monoisotopic (exact) mass is 394 g/mol. The van der Waals surface area contributed by atoms with Crippen molar-refractivity contribution in [1.29, 1.82) is 0 Å². The first-order valence-electron chi connectivity index (χ1n) is 9.58. The number of nitrogens with one attached hydrogen (secondary N) is 1. The van der Waals surface area contributed by atoms with Gasteiger partial charge in [-0.2, -0.15) is 0 Å². The van der Waals surface area contributed by atoms with Crippen molar-refractivity contribution in [2.45, 2.75) is 32.3 Å². The fourth-order valence-electron chi connectivity index (χ4n) is 2.75. The van der Waals surface area contributed by atoms with E-state index in [1.807, 2.05) is 34.9 Å². The molecule has 0 spiro atoms. The number of hydrogen-bond donors (Lipinski definition) is 1. The Morgan fingerprint density at radius 2 is 1.79 bits per heavy atom. The number of amides is 1.